The Morgan fingerprint density at radius 1 is 1.40 bits per heavy atom. The largest absolute Gasteiger partial charge is 0.455 e. The van der Waals surface area contributed by atoms with Crippen molar-refractivity contribution < 1.29 is 37.5 Å². The lowest BCUT2D eigenvalue weighted by molar-refractivity contribution is -0.546. The van der Waals surface area contributed by atoms with Crippen molar-refractivity contribution in [3.63, 3.8) is 0 Å². The summed E-state index contributed by atoms with van der Waals surface area (Å²) in [6.07, 6.45) is -4.54. The Balaban J connectivity index is 2.45. The molecule has 0 unspecified atom stereocenters. The summed E-state index contributed by atoms with van der Waals surface area (Å²) in [7, 11) is 0. The minimum absolute atomic E-state index is 0.219. The van der Waals surface area contributed by atoms with E-state index in [9.17, 15) is 18.0 Å². The lowest BCUT2D eigenvalue weighted by Gasteiger charge is -2.28. The molecule has 1 fully saturated rings. The molecule has 1 aliphatic heterocycles. The fourth-order valence-electron chi connectivity index (χ4n) is 0.823. The van der Waals surface area contributed by atoms with Crippen molar-refractivity contribution >= 4 is 5.97 Å². The van der Waals surface area contributed by atoms with Crippen LogP contribution in [0.1, 0.15) is 6.92 Å². The first-order valence-corrected chi connectivity index (χ1v) is 3.99. The van der Waals surface area contributed by atoms with Crippen molar-refractivity contribution in [1.82, 2.24) is 0 Å². The van der Waals surface area contributed by atoms with Gasteiger partial charge in [-0.3, -0.25) is 4.79 Å². The minimum atomic E-state index is -4.54. The average molecular weight is 230 g/mol. The van der Waals surface area contributed by atoms with Crippen LogP contribution in [0.3, 0.4) is 0 Å². The van der Waals surface area contributed by atoms with E-state index in [-0.39, 0.29) is 13.2 Å². The molecule has 5 nitrogen and oxygen atoms in total. The normalized spacial score (nSPS) is 21.1. The second-order valence-electron chi connectivity index (χ2n) is 3.34. The molecule has 15 heavy (non-hydrogen) atoms. The molecule has 0 aromatic carbocycles. The summed E-state index contributed by atoms with van der Waals surface area (Å²) < 4.78 is 39.3. The molecular weight excluding hydrogens is 221 g/mol. The Kier molecular flexibility index (Phi) is 3.53. The van der Waals surface area contributed by atoms with Crippen molar-refractivity contribution in [3.8, 4) is 0 Å². The molecule has 0 N–H and O–H groups in total. The Morgan fingerprint density at radius 3 is 2.40 bits per heavy atom. The number of rotatable bonds is 2. The number of ether oxygens (including phenoxy) is 1. The lowest BCUT2D eigenvalue weighted by Crippen LogP contribution is -2.43. The van der Waals surface area contributed by atoms with Gasteiger partial charge in [0.2, 0.25) is 0 Å². The van der Waals surface area contributed by atoms with Crippen LogP contribution in [-0.2, 0) is 24.3 Å². The Labute approximate surface area is 82.9 Å². The van der Waals surface area contributed by atoms with Gasteiger partial charge in [0.05, 0.1) is 0 Å². The van der Waals surface area contributed by atoms with Crippen LogP contribution in [0.15, 0.2) is 0 Å². The summed E-state index contributed by atoms with van der Waals surface area (Å²) in [5, 5.41) is 4.03. The predicted octanol–water partition coefficient (Wildman–Crippen LogP) is 0.992. The van der Waals surface area contributed by atoms with E-state index in [0.717, 1.165) is 0 Å². The smallest absolute Gasteiger partial charge is 0.422 e. The molecule has 0 aromatic rings. The molecule has 88 valence electrons. The molecule has 1 saturated heterocycles. The van der Waals surface area contributed by atoms with Gasteiger partial charge < -0.3 is 4.74 Å². The number of hydrogen-bond donors (Lipinski definition) is 0. The molecule has 0 bridgehead atoms. The quantitative estimate of drug-likeness (QED) is 0.523. The number of carbonyl (C=O) groups is 1. The molecule has 1 heterocycles. The van der Waals surface area contributed by atoms with Gasteiger partial charge in [0.15, 0.2) is 6.61 Å². The molecule has 0 saturated carbocycles. The third kappa shape index (κ3) is 3.65. The van der Waals surface area contributed by atoms with Gasteiger partial charge in [0, 0.05) is 0 Å². The van der Waals surface area contributed by atoms with Crippen LogP contribution in [0.2, 0.25) is 0 Å². The molecule has 0 aromatic heterocycles. The SMILES string of the molecule is CC1(C(=O)OCC(F)(F)F)COOOC1. The van der Waals surface area contributed by atoms with E-state index in [1.807, 2.05) is 0 Å². The van der Waals surface area contributed by atoms with Crippen molar-refractivity contribution in [3.05, 3.63) is 0 Å². The van der Waals surface area contributed by atoms with E-state index in [0.29, 0.717) is 0 Å². The lowest BCUT2D eigenvalue weighted by atomic mass is 9.93. The third-order valence-corrected chi connectivity index (χ3v) is 1.71. The van der Waals surface area contributed by atoms with Gasteiger partial charge in [0.25, 0.3) is 0 Å². The highest BCUT2D eigenvalue weighted by Gasteiger charge is 2.41. The predicted molar refractivity (Wildman–Crippen MR) is 38.1 cm³/mol. The molecule has 0 atom stereocenters. The second-order valence-corrected chi connectivity index (χ2v) is 3.34. The van der Waals surface area contributed by atoms with Crippen LogP contribution < -0.4 is 0 Å². The van der Waals surface area contributed by atoms with Gasteiger partial charge in [-0.1, -0.05) is 5.04 Å². The topological polar surface area (TPSA) is 54.0 Å². The zero-order chi connectivity index (χ0) is 11.5. The maximum atomic E-state index is 11.7. The average Bonchev–Trinajstić information content (AvgIpc) is 2.14. The van der Waals surface area contributed by atoms with Crippen molar-refractivity contribution in [2.24, 2.45) is 5.41 Å². The van der Waals surface area contributed by atoms with E-state index in [2.05, 4.69) is 19.6 Å². The molecule has 0 radical (unpaired) electrons. The van der Waals surface area contributed by atoms with E-state index in [1.54, 1.807) is 0 Å². The number of alkyl halides is 3. The second kappa shape index (κ2) is 4.33. The van der Waals surface area contributed by atoms with Crippen LogP contribution >= 0.6 is 0 Å². The number of halogens is 3. The molecule has 0 spiro atoms. The Hall–Kier alpha value is -0.860. The van der Waals surface area contributed by atoms with Gasteiger partial charge in [-0.05, 0) is 6.92 Å². The summed E-state index contributed by atoms with van der Waals surface area (Å²) in [5.41, 5.74) is -1.27. The summed E-state index contributed by atoms with van der Waals surface area (Å²) in [4.78, 5) is 19.9. The van der Waals surface area contributed by atoms with Crippen LogP contribution in [0, 0.1) is 5.41 Å². The highest BCUT2D eigenvalue weighted by atomic mass is 19.4. The third-order valence-electron chi connectivity index (χ3n) is 1.71. The highest BCUT2D eigenvalue weighted by molar-refractivity contribution is 5.76. The maximum absolute atomic E-state index is 11.7. The maximum Gasteiger partial charge on any atom is 0.422 e. The van der Waals surface area contributed by atoms with E-state index in [1.165, 1.54) is 6.92 Å². The van der Waals surface area contributed by atoms with E-state index >= 15 is 0 Å². The van der Waals surface area contributed by atoms with Crippen LogP contribution in [0.5, 0.6) is 0 Å². The Bertz CT molecular complexity index is 233. The van der Waals surface area contributed by atoms with Crippen LogP contribution in [-0.4, -0.2) is 32.0 Å². The fraction of sp³-hybridized carbons (Fsp3) is 0.857. The summed E-state index contributed by atoms with van der Waals surface area (Å²) in [6.45, 7) is -0.704. The van der Waals surface area contributed by atoms with Gasteiger partial charge in [-0.2, -0.15) is 13.2 Å². The first-order valence-electron chi connectivity index (χ1n) is 3.99. The molecule has 8 heteroatoms. The van der Waals surface area contributed by atoms with Crippen LogP contribution in [0.4, 0.5) is 13.2 Å². The summed E-state index contributed by atoms with van der Waals surface area (Å²) in [5.74, 6) is -1.04. The standard InChI is InChI=1S/C7H9F3O5/c1-6(2-13-15-14-3-6)5(11)12-4-7(8,9)10/h2-4H2,1H3. The van der Waals surface area contributed by atoms with Crippen molar-refractivity contribution in [1.29, 1.82) is 0 Å². The zero-order valence-electron chi connectivity index (χ0n) is 7.80. The van der Waals surface area contributed by atoms with Crippen LogP contribution in [0.25, 0.3) is 0 Å². The Morgan fingerprint density at radius 2 is 1.93 bits per heavy atom. The van der Waals surface area contributed by atoms with E-state index < -0.39 is 24.2 Å². The van der Waals surface area contributed by atoms with Crippen molar-refractivity contribution in [2.75, 3.05) is 19.8 Å². The van der Waals surface area contributed by atoms with Crippen molar-refractivity contribution in [2.45, 2.75) is 13.1 Å². The monoisotopic (exact) mass is 230 g/mol. The zero-order valence-corrected chi connectivity index (χ0v) is 7.80. The first kappa shape index (κ1) is 12.2. The number of hydrogen-bond acceptors (Lipinski definition) is 5. The number of carbonyl (C=O) groups excluding carboxylic acids is 1. The molecule has 1 rings (SSSR count). The highest BCUT2D eigenvalue weighted by Crippen LogP contribution is 2.25. The molecular formula is C7H9F3O5. The first-order chi connectivity index (χ1) is 6.83. The molecule has 0 aliphatic carbocycles. The van der Waals surface area contributed by atoms with Gasteiger partial charge in [0.1, 0.15) is 18.6 Å². The minimum Gasteiger partial charge on any atom is -0.455 e. The van der Waals surface area contributed by atoms with Gasteiger partial charge >= 0.3 is 12.1 Å². The molecule has 0 amide bonds. The number of esters is 1. The molecule has 1 aliphatic rings. The van der Waals surface area contributed by atoms with Gasteiger partial charge in [-0.25, -0.2) is 9.78 Å². The summed E-state index contributed by atoms with van der Waals surface area (Å²) >= 11 is 0. The fourth-order valence-corrected chi connectivity index (χ4v) is 0.823. The van der Waals surface area contributed by atoms with Gasteiger partial charge in [-0.15, -0.1) is 0 Å². The van der Waals surface area contributed by atoms with E-state index in [4.69, 9.17) is 0 Å². The summed E-state index contributed by atoms with van der Waals surface area (Å²) in [6, 6.07) is 0.